The highest BCUT2D eigenvalue weighted by Crippen LogP contribution is 2.50. The van der Waals surface area contributed by atoms with Gasteiger partial charge in [-0.25, -0.2) is 4.79 Å². The molecule has 8 heteroatoms. The van der Waals surface area contributed by atoms with Crippen LogP contribution in [0.25, 0.3) is 5.57 Å². The Balaban J connectivity index is 1.84. The zero-order valence-corrected chi connectivity index (χ0v) is 24.9. The summed E-state index contributed by atoms with van der Waals surface area (Å²) in [4.78, 5) is 35.2. The summed E-state index contributed by atoms with van der Waals surface area (Å²) in [7, 11) is 0. The number of hydrogen-bond donors (Lipinski definition) is 0. The minimum Gasteiger partial charge on any atom is -0.434 e. The Morgan fingerprint density at radius 2 is 1.71 bits per heavy atom. The highest BCUT2D eigenvalue weighted by Gasteiger charge is 2.56. The van der Waals surface area contributed by atoms with Crippen molar-refractivity contribution in [1.29, 1.82) is 0 Å². The lowest BCUT2D eigenvalue weighted by Crippen LogP contribution is -2.56. The Hall–Kier alpha value is -3.65. The fourth-order valence-corrected chi connectivity index (χ4v) is 5.92. The van der Waals surface area contributed by atoms with E-state index in [-0.39, 0.29) is 12.5 Å². The second-order valence-corrected chi connectivity index (χ2v) is 10.7. The van der Waals surface area contributed by atoms with Gasteiger partial charge in [0.05, 0.1) is 18.8 Å². The number of allylic oxidation sites excluding steroid dienone is 2. The molecule has 2 aliphatic heterocycles. The molecule has 1 spiro atoms. The quantitative estimate of drug-likeness (QED) is 0.231. The van der Waals surface area contributed by atoms with E-state index in [0.717, 1.165) is 27.8 Å². The van der Waals surface area contributed by atoms with Gasteiger partial charge < -0.3 is 9.47 Å². The van der Waals surface area contributed by atoms with E-state index in [9.17, 15) is 9.59 Å². The predicted molar refractivity (Wildman–Crippen MR) is 163 cm³/mol. The minimum absolute atomic E-state index is 0.150. The van der Waals surface area contributed by atoms with Crippen LogP contribution in [0.4, 0.5) is 10.5 Å². The molecule has 2 aromatic carbocycles. The second-order valence-electron chi connectivity index (χ2n) is 10.3. The molecule has 0 bridgehead atoms. The van der Waals surface area contributed by atoms with E-state index in [1.54, 1.807) is 36.1 Å². The Kier molecular flexibility index (Phi) is 9.53. The van der Waals surface area contributed by atoms with Gasteiger partial charge >= 0.3 is 6.16 Å². The molecule has 1 amide bonds. The molecule has 0 radical (unpaired) electrons. The molecular formula is C33H37ClN2O5. The van der Waals surface area contributed by atoms with Gasteiger partial charge in [-0.05, 0) is 87.1 Å². The lowest BCUT2D eigenvalue weighted by molar-refractivity contribution is -0.167. The molecular weight excluding hydrogens is 540 g/mol. The molecule has 0 unspecified atom stereocenters. The smallest absolute Gasteiger partial charge is 0.434 e. The number of nitrogens with zero attached hydrogens (tertiary/aromatic N) is 2. The maximum atomic E-state index is 14.5. The van der Waals surface area contributed by atoms with Crippen molar-refractivity contribution in [2.24, 2.45) is 0 Å². The lowest BCUT2D eigenvalue weighted by Gasteiger charge is -2.45. The van der Waals surface area contributed by atoms with Crippen LogP contribution in [-0.2, 0) is 19.1 Å². The summed E-state index contributed by atoms with van der Waals surface area (Å²) in [5.41, 5.74) is 4.69. The summed E-state index contributed by atoms with van der Waals surface area (Å²) in [6.45, 7) is 16.7. The Morgan fingerprint density at radius 1 is 1.07 bits per heavy atom. The highest BCUT2D eigenvalue weighted by molar-refractivity contribution is 6.32. The number of ether oxygens (including phenoxy) is 2. The molecule has 41 heavy (non-hydrogen) atoms. The number of halogens is 1. The third-order valence-corrected chi connectivity index (χ3v) is 7.76. The van der Waals surface area contributed by atoms with Crippen molar-refractivity contribution in [1.82, 2.24) is 5.06 Å². The van der Waals surface area contributed by atoms with Crippen LogP contribution in [0.2, 0.25) is 5.02 Å². The van der Waals surface area contributed by atoms with Crippen molar-refractivity contribution in [3.05, 3.63) is 106 Å². The first-order valence-electron chi connectivity index (χ1n) is 13.7. The second kappa shape index (κ2) is 12.9. The van der Waals surface area contributed by atoms with Gasteiger partial charge in [-0.3, -0.25) is 14.5 Å². The van der Waals surface area contributed by atoms with Crippen LogP contribution in [0.1, 0.15) is 42.0 Å². The Bertz CT molecular complexity index is 1380. The molecule has 7 nitrogen and oxygen atoms in total. The zero-order chi connectivity index (χ0) is 29.7. The monoisotopic (exact) mass is 576 g/mol. The molecule has 0 aliphatic carbocycles. The van der Waals surface area contributed by atoms with Gasteiger partial charge in [-0.15, -0.1) is 0 Å². The molecule has 0 N–H and O–H groups in total. The van der Waals surface area contributed by atoms with Gasteiger partial charge in [0.2, 0.25) is 0 Å². The van der Waals surface area contributed by atoms with Gasteiger partial charge in [0.25, 0.3) is 5.91 Å². The van der Waals surface area contributed by atoms with Crippen molar-refractivity contribution in [3.63, 3.8) is 0 Å². The highest BCUT2D eigenvalue weighted by atomic mass is 35.5. The number of benzene rings is 2. The predicted octanol–water partition coefficient (Wildman–Crippen LogP) is 7.26. The summed E-state index contributed by atoms with van der Waals surface area (Å²) in [5.74, 6) is 0.0721. The molecule has 2 heterocycles. The number of amides is 1. The Labute approximate surface area is 247 Å². The van der Waals surface area contributed by atoms with Crippen LogP contribution >= 0.6 is 11.6 Å². The van der Waals surface area contributed by atoms with Crippen LogP contribution in [-0.4, -0.2) is 49.0 Å². The standard InChI is InChI=1S/C33H37ClN2O5/c1-7-10-25(8-2)21-40-35-17-15-33(16-18-35)30(41-32(38)39-9-3)29(28-23(5)19-22(4)20-24(28)6)31(37)36(33)27-13-11-26(34)12-14-27/h7-8,10-14,19-20H,1-2,9,15-18,21H2,3-6H3/b25-10+. The molecule has 0 aromatic heterocycles. The van der Waals surface area contributed by atoms with E-state index in [2.05, 4.69) is 13.2 Å². The number of anilines is 1. The van der Waals surface area contributed by atoms with Crippen LogP contribution in [0.5, 0.6) is 0 Å². The normalized spacial score (nSPS) is 17.2. The number of carbonyl (C=O) groups is 2. The topological polar surface area (TPSA) is 68.3 Å². The number of rotatable bonds is 9. The first-order valence-corrected chi connectivity index (χ1v) is 14.1. The van der Waals surface area contributed by atoms with Gasteiger partial charge in [-0.1, -0.05) is 60.7 Å². The van der Waals surface area contributed by atoms with Gasteiger partial charge in [0.1, 0.15) is 5.54 Å². The molecule has 1 saturated heterocycles. The number of hydroxylamine groups is 2. The summed E-state index contributed by atoms with van der Waals surface area (Å²) in [6.07, 6.45) is 5.35. The zero-order valence-electron chi connectivity index (χ0n) is 24.2. The van der Waals surface area contributed by atoms with E-state index >= 15 is 0 Å². The number of aryl methyl sites for hydroxylation is 3. The first-order chi connectivity index (χ1) is 19.6. The van der Waals surface area contributed by atoms with Crippen molar-refractivity contribution in [2.45, 2.75) is 46.1 Å². The average Bonchev–Trinajstić information content (AvgIpc) is 3.14. The van der Waals surface area contributed by atoms with Crippen molar-refractivity contribution in [3.8, 4) is 0 Å². The summed E-state index contributed by atoms with van der Waals surface area (Å²) >= 11 is 6.22. The molecule has 2 aromatic rings. The fraction of sp³-hybridized carbons (Fsp3) is 0.333. The number of hydrogen-bond acceptors (Lipinski definition) is 6. The Morgan fingerprint density at radius 3 is 2.27 bits per heavy atom. The van der Waals surface area contributed by atoms with Gasteiger partial charge in [0.15, 0.2) is 5.76 Å². The van der Waals surface area contributed by atoms with Crippen LogP contribution < -0.4 is 4.90 Å². The fourth-order valence-electron chi connectivity index (χ4n) is 5.79. The van der Waals surface area contributed by atoms with Gasteiger partial charge in [-0.2, -0.15) is 5.06 Å². The SMILES string of the molecule is C=C/C=C(\C=C)CON1CCC2(CC1)C(OC(=O)OCC)=C(c1c(C)cc(C)cc1C)C(=O)N2c1ccc(Cl)cc1. The van der Waals surface area contributed by atoms with Crippen LogP contribution in [0.15, 0.2) is 79.1 Å². The minimum atomic E-state index is -0.950. The van der Waals surface area contributed by atoms with E-state index in [1.807, 2.05) is 56.2 Å². The molecule has 216 valence electrons. The summed E-state index contributed by atoms with van der Waals surface area (Å²) in [5, 5.41) is 2.43. The molecule has 1 fully saturated rings. The largest absolute Gasteiger partial charge is 0.513 e. The van der Waals surface area contributed by atoms with Crippen LogP contribution in [0.3, 0.4) is 0 Å². The molecule has 2 aliphatic rings. The van der Waals surface area contributed by atoms with Crippen molar-refractivity contribution in [2.75, 3.05) is 31.2 Å². The summed E-state index contributed by atoms with van der Waals surface area (Å²) in [6, 6.07) is 11.2. The maximum Gasteiger partial charge on any atom is 0.513 e. The first kappa shape index (κ1) is 30.3. The number of piperidine rings is 1. The molecule has 0 saturated carbocycles. The molecule has 0 atom stereocenters. The van der Waals surface area contributed by atoms with Crippen molar-refractivity contribution >= 4 is 34.9 Å². The third kappa shape index (κ3) is 6.17. The van der Waals surface area contributed by atoms with E-state index in [1.165, 1.54) is 0 Å². The lowest BCUT2D eigenvalue weighted by atomic mass is 9.83. The number of carbonyl (C=O) groups excluding carboxylic acids is 2. The summed E-state index contributed by atoms with van der Waals surface area (Å²) < 4.78 is 11.2. The molecule has 4 rings (SSSR count). The van der Waals surface area contributed by atoms with Gasteiger partial charge in [0, 0.05) is 23.8 Å². The van der Waals surface area contributed by atoms with E-state index in [4.69, 9.17) is 25.9 Å². The maximum absolute atomic E-state index is 14.5. The van der Waals surface area contributed by atoms with Crippen LogP contribution in [0, 0.1) is 20.8 Å². The average molecular weight is 577 g/mol. The van der Waals surface area contributed by atoms with Crippen molar-refractivity contribution < 1.29 is 23.9 Å². The van der Waals surface area contributed by atoms with E-state index < -0.39 is 11.7 Å². The third-order valence-electron chi connectivity index (χ3n) is 7.51. The van der Waals surface area contributed by atoms with E-state index in [0.29, 0.717) is 54.6 Å².